The van der Waals surface area contributed by atoms with Gasteiger partial charge < -0.3 is 20.4 Å². The Hall–Kier alpha value is -2.46. The number of hydrogen-bond donors (Lipinski definition) is 7. The van der Waals surface area contributed by atoms with Crippen LogP contribution in [0.1, 0.15) is 19.3 Å². The molecule has 3 fully saturated rings. The van der Waals surface area contributed by atoms with Gasteiger partial charge in [0, 0.05) is 56.6 Å². The van der Waals surface area contributed by atoms with Crippen molar-refractivity contribution in [1.29, 1.82) is 5.26 Å². The van der Waals surface area contributed by atoms with Gasteiger partial charge in [-0.05, 0) is 43.0 Å². The zero-order valence-electron chi connectivity index (χ0n) is 19.4. The Bertz CT molecular complexity index is 834. The molecule has 7 N–H and O–H groups in total. The van der Waals surface area contributed by atoms with Crippen LogP contribution in [-0.2, 0) is 4.79 Å². The Morgan fingerprint density at radius 1 is 1.12 bits per heavy atom. The van der Waals surface area contributed by atoms with E-state index in [0.717, 1.165) is 37.3 Å². The van der Waals surface area contributed by atoms with Crippen molar-refractivity contribution >= 4 is 17.3 Å². The van der Waals surface area contributed by atoms with Crippen LogP contribution in [0.5, 0.6) is 0 Å². The van der Waals surface area contributed by atoms with Crippen LogP contribution in [0.15, 0.2) is 24.3 Å². The minimum absolute atomic E-state index is 0.0142. The van der Waals surface area contributed by atoms with Crippen LogP contribution in [0.4, 0.5) is 11.4 Å². The van der Waals surface area contributed by atoms with Crippen molar-refractivity contribution in [3.63, 3.8) is 0 Å². The van der Waals surface area contributed by atoms with Crippen LogP contribution in [0.25, 0.3) is 0 Å². The molecule has 11 heteroatoms. The summed E-state index contributed by atoms with van der Waals surface area (Å²) in [5.41, 5.74) is 7.55. The van der Waals surface area contributed by atoms with E-state index in [1.807, 2.05) is 29.2 Å². The fourth-order valence-electron chi connectivity index (χ4n) is 5.16. The third-order valence-electron chi connectivity index (χ3n) is 7.03. The van der Waals surface area contributed by atoms with Crippen LogP contribution in [0.2, 0.25) is 0 Å². The Kier molecular flexibility index (Phi) is 8.55. The number of hydrazine groups is 1. The first-order valence-corrected chi connectivity index (χ1v) is 12.1. The monoisotopic (exact) mass is 472 g/mol. The lowest BCUT2D eigenvalue weighted by Crippen LogP contribution is -2.77. The van der Waals surface area contributed by atoms with Gasteiger partial charge in [-0.1, -0.05) is 0 Å². The summed E-state index contributed by atoms with van der Waals surface area (Å²) in [6, 6.07) is 10.1. The lowest BCUT2D eigenvalue weighted by molar-refractivity contribution is -0.132. The van der Waals surface area contributed by atoms with E-state index in [4.69, 9.17) is 5.26 Å². The highest BCUT2D eigenvalue weighted by Gasteiger charge is 2.45. The number of rotatable bonds is 9. The minimum atomic E-state index is -0.298. The number of carbonyl (C=O) groups is 1. The molecule has 4 unspecified atom stereocenters. The molecule has 3 heterocycles. The maximum atomic E-state index is 12.7. The Morgan fingerprint density at radius 3 is 2.47 bits per heavy atom. The highest BCUT2D eigenvalue weighted by atomic mass is 16.3. The smallest absolute Gasteiger partial charge is 0.242 e. The maximum Gasteiger partial charge on any atom is 0.242 e. The number of nitrogens with one attached hydrogen (secondary N) is 5. The summed E-state index contributed by atoms with van der Waals surface area (Å²) in [5, 5.41) is 38.3. The molecule has 1 amide bonds. The highest BCUT2D eigenvalue weighted by molar-refractivity contribution is 5.81. The van der Waals surface area contributed by atoms with Crippen molar-refractivity contribution in [3.05, 3.63) is 24.3 Å². The van der Waals surface area contributed by atoms with E-state index in [-0.39, 0.29) is 43.5 Å². The number of nitriles is 1. The topological polar surface area (TPSA) is 148 Å². The normalized spacial score (nSPS) is 28.0. The number of carbonyl (C=O) groups excluding carboxylic acids is 1. The third-order valence-corrected chi connectivity index (χ3v) is 7.03. The summed E-state index contributed by atoms with van der Waals surface area (Å²) < 4.78 is 0. The Morgan fingerprint density at radius 2 is 1.82 bits per heavy atom. The quantitative estimate of drug-likeness (QED) is 0.237. The standard InChI is InChI=1S/C23H36N8O3/c24-8-5-16-6-9-31(10-7-16)23-27-19-15-25-29-22(34)20(19)21(28-23)26-17-1-3-18(4-2-17)30(11-13-32)12-14-33/h1-4,16,19-21,23,25-28,32-33H,5-7,9-15H2,(H,29,34). The van der Waals surface area contributed by atoms with Crippen LogP contribution in [0, 0.1) is 23.2 Å². The van der Waals surface area contributed by atoms with Crippen LogP contribution < -0.4 is 31.7 Å². The number of anilines is 2. The molecule has 4 rings (SSSR count). The van der Waals surface area contributed by atoms with Crippen LogP contribution in [0.3, 0.4) is 0 Å². The van der Waals surface area contributed by atoms with Gasteiger partial charge in [-0.15, -0.1) is 0 Å². The second-order valence-electron chi connectivity index (χ2n) is 9.18. The number of piperidine rings is 1. The predicted octanol–water partition coefficient (Wildman–Crippen LogP) is -1.06. The summed E-state index contributed by atoms with van der Waals surface area (Å²) in [6.07, 6.45) is 2.27. The maximum absolute atomic E-state index is 12.7. The lowest BCUT2D eigenvalue weighted by atomic mass is 9.90. The van der Waals surface area contributed by atoms with Gasteiger partial charge >= 0.3 is 0 Å². The first-order valence-electron chi connectivity index (χ1n) is 12.1. The average molecular weight is 473 g/mol. The number of aliphatic hydroxyl groups is 2. The average Bonchev–Trinajstić information content (AvgIpc) is 2.85. The minimum Gasteiger partial charge on any atom is -0.395 e. The number of benzene rings is 1. The van der Waals surface area contributed by atoms with E-state index in [1.54, 1.807) is 0 Å². The van der Waals surface area contributed by atoms with Gasteiger partial charge in [-0.25, -0.2) is 5.43 Å². The molecule has 1 aromatic rings. The van der Waals surface area contributed by atoms with Crippen molar-refractivity contribution in [1.82, 2.24) is 26.4 Å². The largest absolute Gasteiger partial charge is 0.395 e. The van der Waals surface area contributed by atoms with Crippen molar-refractivity contribution in [3.8, 4) is 6.07 Å². The summed E-state index contributed by atoms with van der Waals surface area (Å²) in [6.45, 7) is 3.37. The molecule has 11 nitrogen and oxygen atoms in total. The van der Waals surface area contributed by atoms with E-state index in [9.17, 15) is 15.0 Å². The zero-order valence-corrected chi connectivity index (χ0v) is 19.4. The van der Waals surface area contributed by atoms with Gasteiger partial charge in [-0.2, -0.15) is 5.26 Å². The number of hydrogen-bond acceptors (Lipinski definition) is 10. The molecule has 0 spiro atoms. The molecule has 4 atom stereocenters. The molecule has 0 aromatic heterocycles. The fraction of sp³-hybridized carbons (Fsp3) is 0.652. The molecule has 3 aliphatic rings. The van der Waals surface area contributed by atoms with E-state index < -0.39 is 0 Å². The van der Waals surface area contributed by atoms with E-state index in [1.165, 1.54) is 0 Å². The number of nitrogens with zero attached hydrogens (tertiary/aromatic N) is 3. The van der Waals surface area contributed by atoms with E-state index >= 15 is 0 Å². The zero-order chi connectivity index (χ0) is 23.9. The van der Waals surface area contributed by atoms with Crippen LogP contribution in [-0.4, -0.2) is 85.5 Å². The van der Waals surface area contributed by atoms with Gasteiger partial charge in [0.1, 0.15) is 6.29 Å². The molecule has 3 aliphatic heterocycles. The van der Waals surface area contributed by atoms with Gasteiger partial charge in [-0.3, -0.25) is 25.8 Å². The van der Waals surface area contributed by atoms with Gasteiger partial charge in [0.2, 0.25) is 5.91 Å². The Labute approximate surface area is 200 Å². The van der Waals surface area contributed by atoms with Gasteiger partial charge in [0.05, 0.1) is 31.4 Å². The Balaban J connectivity index is 1.45. The van der Waals surface area contributed by atoms with E-state index in [0.29, 0.717) is 32.0 Å². The summed E-state index contributed by atoms with van der Waals surface area (Å²) in [5.74, 6) is 0.102. The van der Waals surface area contributed by atoms with Crippen molar-refractivity contribution < 1.29 is 15.0 Å². The van der Waals surface area contributed by atoms with Crippen molar-refractivity contribution in [2.24, 2.45) is 11.8 Å². The lowest BCUT2D eigenvalue weighted by Gasteiger charge is -2.49. The summed E-state index contributed by atoms with van der Waals surface area (Å²) >= 11 is 0. The molecule has 34 heavy (non-hydrogen) atoms. The first-order chi connectivity index (χ1) is 16.6. The van der Waals surface area contributed by atoms with Crippen LogP contribution >= 0.6 is 0 Å². The SMILES string of the molecule is N#CCC1CCN(C2NC3CNNC(=O)C3C(Nc3ccc(N(CCO)CCO)cc3)N2)CC1. The van der Waals surface area contributed by atoms with Gasteiger partial charge in [0.15, 0.2) is 0 Å². The summed E-state index contributed by atoms with van der Waals surface area (Å²) in [7, 11) is 0. The molecule has 3 saturated heterocycles. The molecule has 0 aliphatic carbocycles. The molecule has 1 aromatic carbocycles. The van der Waals surface area contributed by atoms with E-state index in [2.05, 4.69) is 37.8 Å². The number of fused-ring (bicyclic) bond motifs is 1. The molecular weight excluding hydrogens is 436 g/mol. The second kappa shape index (κ2) is 11.8. The predicted molar refractivity (Wildman–Crippen MR) is 128 cm³/mol. The molecule has 0 saturated carbocycles. The van der Waals surface area contributed by atoms with Gasteiger partial charge in [0.25, 0.3) is 0 Å². The number of amides is 1. The number of aliphatic hydroxyl groups excluding tert-OH is 2. The molecule has 0 radical (unpaired) electrons. The fourth-order valence-corrected chi connectivity index (χ4v) is 5.16. The van der Waals surface area contributed by atoms with Crippen molar-refractivity contribution in [2.75, 3.05) is 56.2 Å². The molecular formula is C23H36N8O3. The summed E-state index contributed by atoms with van der Waals surface area (Å²) in [4.78, 5) is 17.0. The first kappa shape index (κ1) is 24.7. The van der Waals surface area contributed by atoms with Crippen molar-refractivity contribution in [2.45, 2.75) is 37.8 Å². The third kappa shape index (κ3) is 5.78. The molecule has 0 bridgehead atoms. The highest BCUT2D eigenvalue weighted by Crippen LogP contribution is 2.26. The second-order valence-corrected chi connectivity index (χ2v) is 9.18. The number of likely N-dealkylation sites (tertiary alicyclic amines) is 1. The molecule has 186 valence electrons.